The lowest BCUT2D eigenvalue weighted by Crippen LogP contribution is -2.18. The van der Waals surface area contributed by atoms with E-state index in [1.54, 1.807) is 19.4 Å². The number of nitrogens with zero attached hydrogens (tertiary/aromatic N) is 2. The molecule has 1 amide bonds. The normalized spacial score (nSPS) is 14.2. The Kier molecular flexibility index (Phi) is 6.63. The maximum absolute atomic E-state index is 12.5. The lowest BCUT2D eigenvalue weighted by molar-refractivity contribution is 0.102. The molecule has 0 bridgehead atoms. The molecule has 0 spiro atoms. The lowest BCUT2D eigenvalue weighted by atomic mass is 10.1. The van der Waals surface area contributed by atoms with Crippen LogP contribution in [-0.2, 0) is 0 Å². The summed E-state index contributed by atoms with van der Waals surface area (Å²) in [6.07, 6.45) is 9.48. The highest BCUT2D eigenvalue weighted by Crippen LogP contribution is 2.19. The van der Waals surface area contributed by atoms with Gasteiger partial charge >= 0.3 is 0 Å². The number of aromatic nitrogens is 1. The van der Waals surface area contributed by atoms with Crippen molar-refractivity contribution in [1.82, 2.24) is 15.6 Å². The number of pyridine rings is 1. The summed E-state index contributed by atoms with van der Waals surface area (Å²) >= 11 is 0. The number of rotatable bonds is 7. The monoisotopic (exact) mass is 391 g/mol. The molecule has 1 aliphatic rings. The fourth-order valence-corrected chi connectivity index (χ4v) is 2.80. The predicted octanol–water partition coefficient (Wildman–Crippen LogP) is 3.76. The zero-order chi connectivity index (χ0) is 20.6. The summed E-state index contributed by atoms with van der Waals surface area (Å²) in [6.45, 7) is 4.11. The first kappa shape index (κ1) is 20.1. The number of anilines is 1. The minimum absolute atomic E-state index is 0.0637. The van der Waals surface area contributed by atoms with Gasteiger partial charge in [0.1, 0.15) is 11.6 Å². The van der Waals surface area contributed by atoms with E-state index in [0.29, 0.717) is 17.0 Å². The van der Waals surface area contributed by atoms with E-state index in [2.05, 4.69) is 39.8 Å². The van der Waals surface area contributed by atoms with E-state index in [1.165, 1.54) is 11.8 Å². The van der Waals surface area contributed by atoms with Crippen molar-refractivity contribution in [3.63, 3.8) is 0 Å². The van der Waals surface area contributed by atoms with Crippen molar-refractivity contribution in [2.45, 2.75) is 26.3 Å². The number of aliphatic imine (C=N–C) groups is 1. The summed E-state index contributed by atoms with van der Waals surface area (Å²) in [5, 5.41) is 9.37. The molecule has 7 nitrogen and oxygen atoms in total. The van der Waals surface area contributed by atoms with E-state index >= 15 is 0 Å². The van der Waals surface area contributed by atoms with Gasteiger partial charge in [-0.1, -0.05) is 12.1 Å². The molecule has 0 saturated carbocycles. The fourth-order valence-electron chi connectivity index (χ4n) is 2.80. The van der Waals surface area contributed by atoms with E-state index in [-0.39, 0.29) is 11.9 Å². The van der Waals surface area contributed by atoms with E-state index in [1.807, 2.05) is 42.9 Å². The highest BCUT2D eigenvalue weighted by Gasteiger charge is 2.10. The van der Waals surface area contributed by atoms with Gasteiger partial charge in [-0.25, -0.2) is 4.99 Å². The third-order valence-corrected chi connectivity index (χ3v) is 4.42. The van der Waals surface area contributed by atoms with Gasteiger partial charge in [-0.3, -0.25) is 9.78 Å². The summed E-state index contributed by atoms with van der Waals surface area (Å²) in [6, 6.07) is 9.44. The molecular weight excluding hydrogens is 366 g/mol. The van der Waals surface area contributed by atoms with Crippen LogP contribution in [0.3, 0.4) is 0 Å². The smallest absolute Gasteiger partial charge is 0.257 e. The number of amides is 1. The molecule has 3 rings (SSSR count). The number of methoxy groups -OCH3 is 1. The Morgan fingerprint density at radius 3 is 2.86 bits per heavy atom. The zero-order valence-electron chi connectivity index (χ0n) is 16.8. The fraction of sp³-hybridized carbons (Fsp3) is 0.227. The minimum Gasteiger partial charge on any atom is -0.495 e. The Hall–Kier alpha value is -3.61. The molecule has 0 fully saturated rings. The summed E-state index contributed by atoms with van der Waals surface area (Å²) in [5.74, 6) is 1.24. The zero-order valence-corrected chi connectivity index (χ0v) is 16.8. The van der Waals surface area contributed by atoms with E-state index < -0.39 is 0 Å². The molecule has 3 N–H and O–H groups in total. The molecule has 29 heavy (non-hydrogen) atoms. The topological polar surface area (TPSA) is 87.6 Å². The van der Waals surface area contributed by atoms with Crippen molar-refractivity contribution < 1.29 is 9.53 Å². The average Bonchev–Trinajstić information content (AvgIpc) is 3.16. The number of ether oxygens (including phenoxy) is 1. The summed E-state index contributed by atoms with van der Waals surface area (Å²) < 4.78 is 5.12. The summed E-state index contributed by atoms with van der Waals surface area (Å²) in [7, 11) is 1.54. The first-order valence-corrected chi connectivity index (χ1v) is 9.35. The van der Waals surface area contributed by atoms with Crippen molar-refractivity contribution in [2.75, 3.05) is 12.4 Å². The lowest BCUT2D eigenvalue weighted by Gasteiger charge is -2.14. The summed E-state index contributed by atoms with van der Waals surface area (Å²) in [5.41, 5.74) is 3.44. The highest BCUT2D eigenvalue weighted by atomic mass is 16.5. The molecule has 150 valence electrons. The number of benzene rings is 1. The first-order chi connectivity index (χ1) is 14.0. The molecular formula is C22H25N5O2. The van der Waals surface area contributed by atoms with Crippen molar-refractivity contribution in [2.24, 2.45) is 4.99 Å². The number of carbonyl (C=O) groups is 1. The molecule has 0 radical (unpaired) electrons. The Morgan fingerprint density at radius 2 is 2.10 bits per heavy atom. The second-order valence-electron chi connectivity index (χ2n) is 6.79. The molecule has 1 aromatic heterocycles. The molecule has 7 heteroatoms. The van der Waals surface area contributed by atoms with Gasteiger partial charge in [0.2, 0.25) is 0 Å². The van der Waals surface area contributed by atoms with Crippen LogP contribution < -0.4 is 20.7 Å². The van der Waals surface area contributed by atoms with Gasteiger partial charge < -0.3 is 20.7 Å². The molecule has 1 unspecified atom stereocenters. The Labute approximate surface area is 170 Å². The van der Waals surface area contributed by atoms with Crippen molar-refractivity contribution in [3.8, 4) is 5.75 Å². The van der Waals surface area contributed by atoms with Gasteiger partial charge in [-0.15, -0.1) is 0 Å². The largest absolute Gasteiger partial charge is 0.495 e. The standard InChI is InChI=1S/C22H25N5O2/c1-15-9-21(26-12-15)25-8-7-24-16(2)17-5-4-6-19(10-17)27-22(28)18-11-20(29-3)14-23-13-18/h4-8,10-14,16,24H,9H2,1-3H3,(H,25,26)(H,27,28). The van der Waals surface area contributed by atoms with Crippen LogP contribution in [0, 0.1) is 0 Å². The molecule has 1 aromatic carbocycles. The second-order valence-corrected chi connectivity index (χ2v) is 6.79. The highest BCUT2D eigenvalue weighted by molar-refractivity contribution is 6.04. The third kappa shape index (κ3) is 5.68. The van der Waals surface area contributed by atoms with Crippen LogP contribution in [0.25, 0.3) is 0 Å². The Morgan fingerprint density at radius 1 is 1.24 bits per heavy atom. The van der Waals surface area contributed by atoms with E-state index in [0.717, 1.165) is 17.8 Å². The van der Waals surface area contributed by atoms with Gasteiger partial charge in [-0.05, 0) is 43.2 Å². The van der Waals surface area contributed by atoms with Gasteiger partial charge in [0.25, 0.3) is 5.91 Å². The van der Waals surface area contributed by atoms with Crippen LogP contribution in [0.15, 0.2) is 71.9 Å². The Balaban J connectivity index is 1.56. The number of carbonyl (C=O) groups excluding carboxylic acids is 1. The van der Waals surface area contributed by atoms with Crippen LogP contribution in [0.2, 0.25) is 0 Å². The van der Waals surface area contributed by atoms with Gasteiger partial charge in [0, 0.05) is 42.9 Å². The third-order valence-electron chi connectivity index (χ3n) is 4.42. The predicted molar refractivity (Wildman–Crippen MR) is 115 cm³/mol. The van der Waals surface area contributed by atoms with Crippen LogP contribution in [-0.4, -0.2) is 23.8 Å². The SMILES string of the molecule is COc1cncc(C(=O)Nc2cccc(C(C)NC=CNC3=NC=C(C)C3)c2)c1. The molecule has 1 aliphatic heterocycles. The van der Waals surface area contributed by atoms with E-state index in [4.69, 9.17) is 4.74 Å². The Bertz CT molecular complexity index is 965. The maximum Gasteiger partial charge on any atom is 0.257 e. The molecule has 2 heterocycles. The number of nitrogens with one attached hydrogen (secondary N) is 3. The molecule has 0 saturated heterocycles. The van der Waals surface area contributed by atoms with Crippen molar-refractivity contribution >= 4 is 17.4 Å². The maximum atomic E-state index is 12.5. The molecule has 0 aliphatic carbocycles. The molecule has 1 atom stereocenters. The van der Waals surface area contributed by atoms with Gasteiger partial charge in [0.05, 0.1) is 18.9 Å². The average molecular weight is 391 g/mol. The van der Waals surface area contributed by atoms with Crippen LogP contribution in [0.1, 0.15) is 42.2 Å². The van der Waals surface area contributed by atoms with Crippen LogP contribution in [0.4, 0.5) is 5.69 Å². The number of amidine groups is 1. The van der Waals surface area contributed by atoms with Crippen LogP contribution in [0.5, 0.6) is 5.75 Å². The molecule has 2 aromatic rings. The van der Waals surface area contributed by atoms with Gasteiger partial charge in [-0.2, -0.15) is 0 Å². The van der Waals surface area contributed by atoms with Gasteiger partial charge in [0.15, 0.2) is 0 Å². The van der Waals surface area contributed by atoms with Crippen molar-refractivity contribution in [1.29, 1.82) is 0 Å². The first-order valence-electron chi connectivity index (χ1n) is 9.35. The second kappa shape index (κ2) is 9.54. The quantitative estimate of drug-likeness (QED) is 0.669. The number of hydrogen-bond acceptors (Lipinski definition) is 6. The van der Waals surface area contributed by atoms with Crippen LogP contribution >= 0.6 is 0 Å². The van der Waals surface area contributed by atoms with E-state index in [9.17, 15) is 4.79 Å². The minimum atomic E-state index is -0.237. The number of hydrogen-bond donors (Lipinski definition) is 3. The van der Waals surface area contributed by atoms with Crippen molar-refractivity contribution in [3.05, 3.63) is 78.0 Å². The summed E-state index contributed by atoms with van der Waals surface area (Å²) in [4.78, 5) is 20.8.